The van der Waals surface area contributed by atoms with Crippen LogP contribution in [0.15, 0.2) is 61.1 Å². The first-order valence-electron chi connectivity index (χ1n) is 15.6. The Kier molecular flexibility index (Phi) is 8.43. The lowest BCUT2D eigenvalue weighted by Gasteiger charge is -2.32. The quantitative estimate of drug-likeness (QED) is 0.239. The molecule has 0 radical (unpaired) electrons. The van der Waals surface area contributed by atoms with E-state index in [1.165, 1.54) is 0 Å². The van der Waals surface area contributed by atoms with Gasteiger partial charge in [-0.25, -0.2) is 9.48 Å². The number of hydrogen-bond donors (Lipinski definition) is 2. The molecule has 46 heavy (non-hydrogen) atoms. The molecule has 1 aromatic carbocycles. The van der Waals surface area contributed by atoms with Gasteiger partial charge in [-0.05, 0) is 50.2 Å². The van der Waals surface area contributed by atoms with E-state index in [1.54, 1.807) is 10.9 Å². The highest BCUT2D eigenvalue weighted by Gasteiger charge is 2.30. The summed E-state index contributed by atoms with van der Waals surface area (Å²) in [5.41, 5.74) is 4.30. The number of nitrogens with zero attached hydrogens (tertiary/aromatic N) is 9. The lowest BCUT2D eigenvalue weighted by molar-refractivity contribution is 0.171. The minimum absolute atomic E-state index is 0.158. The van der Waals surface area contributed by atoms with E-state index in [0.29, 0.717) is 5.82 Å². The summed E-state index contributed by atoms with van der Waals surface area (Å²) in [4.78, 5) is 17.6. The number of urea groups is 1. The fourth-order valence-corrected chi connectivity index (χ4v) is 5.65. The van der Waals surface area contributed by atoms with E-state index in [2.05, 4.69) is 63.7 Å². The summed E-state index contributed by atoms with van der Waals surface area (Å²) in [5, 5.41) is 24.2. The topological polar surface area (TPSA) is 123 Å². The number of benzene rings is 1. The van der Waals surface area contributed by atoms with Gasteiger partial charge in [0.15, 0.2) is 5.65 Å². The zero-order valence-corrected chi connectivity index (χ0v) is 27.6. The zero-order valence-electron chi connectivity index (χ0n) is 27.6. The van der Waals surface area contributed by atoms with Crippen molar-refractivity contribution in [1.82, 2.24) is 44.4 Å². The Morgan fingerprint density at radius 3 is 2.54 bits per heavy atom. The van der Waals surface area contributed by atoms with Crippen molar-refractivity contribution in [3.63, 3.8) is 0 Å². The maximum absolute atomic E-state index is 13.5. The zero-order chi connectivity index (χ0) is 32.6. The van der Waals surface area contributed by atoms with Crippen molar-refractivity contribution in [2.75, 3.05) is 45.0 Å². The molecule has 2 amide bonds. The second-order valence-electron chi connectivity index (χ2n) is 13.3. The first kappa shape index (κ1) is 31.1. The summed E-state index contributed by atoms with van der Waals surface area (Å²) in [6.45, 7) is 7.93. The Morgan fingerprint density at radius 2 is 1.80 bits per heavy atom. The van der Waals surface area contributed by atoms with Crippen LogP contribution in [0.4, 0.5) is 16.6 Å². The molecule has 2 unspecified atom stereocenters. The van der Waals surface area contributed by atoms with Crippen LogP contribution < -0.4 is 20.3 Å². The van der Waals surface area contributed by atoms with Gasteiger partial charge >= 0.3 is 6.03 Å². The number of nitrogens with one attached hydrogen (secondary N) is 2. The number of fused-ring (bicyclic) bond motifs is 2. The second-order valence-corrected chi connectivity index (χ2v) is 13.3. The maximum Gasteiger partial charge on any atom is 0.320 e. The predicted octanol–water partition coefficient (Wildman–Crippen LogP) is 4.81. The number of carbonyl (C=O) groups is 1. The molecule has 0 saturated heterocycles. The summed E-state index contributed by atoms with van der Waals surface area (Å²) >= 11 is 0. The lowest BCUT2D eigenvalue weighted by atomic mass is 9.85. The molecule has 1 aliphatic carbocycles. The number of rotatable bonds is 9. The van der Waals surface area contributed by atoms with Gasteiger partial charge in [0, 0.05) is 32.1 Å². The third-order valence-corrected chi connectivity index (χ3v) is 8.14. The van der Waals surface area contributed by atoms with E-state index < -0.39 is 0 Å². The van der Waals surface area contributed by atoms with Crippen molar-refractivity contribution >= 4 is 23.4 Å². The summed E-state index contributed by atoms with van der Waals surface area (Å²) in [6.07, 6.45) is 6.95. The average Bonchev–Trinajstić information content (AvgIpc) is 3.75. The molecule has 1 aliphatic rings. The Labute approximate surface area is 269 Å². The van der Waals surface area contributed by atoms with Crippen LogP contribution in [-0.2, 0) is 12.0 Å². The number of hydrogen-bond acceptors (Lipinski definition) is 8. The molecule has 13 heteroatoms. The molecule has 6 rings (SSSR count). The molecular weight excluding hydrogens is 582 g/mol. The monoisotopic (exact) mass is 625 g/mol. The van der Waals surface area contributed by atoms with E-state index in [-0.39, 0.29) is 23.6 Å². The highest BCUT2D eigenvalue weighted by molar-refractivity contribution is 5.89. The summed E-state index contributed by atoms with van der Waals surface area (Å²) in [5.74, 6) is 2.04. The van der Waals surface area contributed by atoms with Crippen LogP contribution in [0.5, 0.6) is 5.75 Å². The molecule has 13 nitrogen and oxygen atoms in total. The minimum atomic E-state index is -0.296. The number of pyridine rings is 1. The van der Waals surface area contributed by atoms with Crippen molar-refractivity contribution in [2.45, 2.75) is 57.7 Å². The van der Waals surface area contributed by atoms with E-state index in [0.717, 1.165) is 65.8 Å². The van der Waals surface area contributed by atoms with Gasteiger partial charge in [0.05, 0.1) is 36.9 Å². The summed E-state index contributed by atoms with van der Waals surface area (Å²) in [7, 11) is 7.94. The van der Waals surface area contributed by atoms with E-state index in [9.17, 15) is 4.79 Å². The summed E-state index contributed by atoms with van der Waals surface area (Å²) < 4.78 is 12.1. The Morgan fingerprint density at radius 1 is 1.02 bits per heavy atom. The summed E-state index contributed by atoms with van der Waals surface area (Å²) in [6, 6.07) is 13.4. The molecule has 0 saturated carbocycles. The van der Waals surface area contributed by atoms with Crippen molar-refractivity contribution in [3.8, 4) is 11.4 Å². The number of likely N-dealkylation sites (N-methyl/N-ethyl adjacent to an activating group) is 1. The van der Waals surface area contributed by atoms with Gasteiger partial charge in [0.2, 0.25) is 5.95 Å². The van der Waals surface area contributed by atoms with Crippen molar-refractivity contribution in [2.24, 2.45) is 0 Å². The van der Waals surface area contributed by atoms with Crippen LogP contribution >= 0.6 is 0 Å². The molecule has 0 fully saturated rings. The fourth-order valence-electron chi connectivity index (χ4n) is 5.65. The molecular formula is C33H43N11O2. The normalized spacial score (nSPS) is 16.4. The molecule has 5 aromatic rings. The van der Waals surface area contributed by atoms with Gasteiger partial charge < -0.3 is 19.9 Å². The van der Waals surface area contributed by atoms with Crippen LogP contribution in [0.25, 0.3) is 11.3 Å². The Balaban J connectivity index is 1.19. The SMILES string of the molecule is CN(C)CCn1cc(-n2nc(C(C)(C)C)cc2NC(=O)NC2CCC(Oc3ccc4nnc(N(C)C)n4c3)c3ccccc32)cn1. The van der Waals surface area contributed by atoms with Gasteiger partial charge in [0.1, 0.15) is 23.4 Å². The molecule has 0 bridgehead atoms. The van der Waals surface area contributed by atoms with Gasteiger partial charge in [-0.15, -0.1) is 10.2 Å². The highest BCUT2D eigenvalue weighted by atomic mass is 16.5. The van der Waals surface area contributed by atoms with Crippen LogP contribution in [-0.4, -0.2) is 79.8 Å². The second kappa shape index (κ2) is 12.5. The third-order valence-electron chi connectivity index (χ3n) is 8.14. The van der Waals surface area contributed by atoms with E-state index >= 15 is 0 Å². The first-order valence-corrected chi connectivity index (χ1v) is 15.6. The molecule has 4 aromatic heterocycles. The maximum atomic E-state index is 13.5. The van der Waals surface area contributed by atoms with Crippen LogP contribution in [0.1, 0.15) is 62.6 Å². The van der Waals surface area contributed by atoms with E-state index in [4.69, 9.17) is 9.84 Å². The van der Waals surface area contributed by atoms with Gasteiger partial charge in [-0.2, -0.15) is 10.2 Å². The highest BCUT2D eigenvalue weighted by Crippen LogP contribution is 2.39. The van der Waals surface area contributed by atoms with Crippen LogP contribution in [0, 0.1) is 0 Å². The molecule has 242 valence electrons. The molecule has 4 heterocycles. The van der Waals surface area contributed by atoms with Crippen LogP contribution in [0.2, 0.25) is 0 Å². The largest absolute Gasteiger partial charge is 0.484 e. The smallest absolute Gasteiger partial charge is 0.320 e. The van der Waals surface area contributed by atoms with Crippen molar-refractivity contribution < 1.29 is 9.53 Å². The molecule has 2 N–H and O–H groups in total. The number of amides is 2. The third kappa shape index (κ3) is 6.54. The lowest BCUT2D eigenvalue weighted by Crippen LogP contribution is -2.36. The standard InChI is InChI=1S/C33H43N11O2/c1-33(2,3)28-18-30(44(39-28)22-19-34-42(20-22)17-16-40(4)5)36-31(45)35-26-13-14-27(25-11-9-8-10-24(25)26)46-23-12-15-29-37-38-32(41(6)7)43(29)21-23/h8-12,15,18-21,26-27H,13-14,16-17H2,1-7H3,(H2,35,36,45). The number of ether oxygens (including phenoxy) is 1. The minimum Gasteiger partial charge on any atom is -0.484 e. The molecule has 2 atom stereocenters. The molecule has 0 spiro atoms. The van der Waals surface area contributed by atoms with Gasteiger partial charge in [-0.1, -0.05) is 45.0 Å². The Bertz CT molecular complexity index is 1830. The average molecular weight is 626 g/mol. The van der Waals surface area contributed by atoms with Crippen molar-refractivity contribution in [1.29, 1.82) is 0 Å². The first-order chi connectivity index (χ1) is 22.0. The van der Waals surface area contributed by atoms with E-state index in [1.807, 2.05) is 84.9 Å². The fraction of sp³-hybridized carbons (Fsp3) is 0.424. The van der Waals surface area contributed by atoms with Gasteiger partial charge in [-0.3, -0.25) is 14.4 Å². The predicted molar refractivity (Wildman–Crippen MR) is 178 cm³/mol. The number of carbonyl (C=O) groups excluding carboxylic acids is 1. The number of anilines is 2. The number of aromatic nitrogens is 7. The Hall–Kier alpha value is -4.91. The van der Waals surface area contributed by atoms with Crippen LogP contribution in [0.3, 0.4) is 0 Å². The van der Waals surface area contributed by atoms with Gasteiger partial charge in [0.25, 0.3) is 0 Å². The molecule has 0 aliphatic heterocycles. The van der Waals surface area contributed by atoms with Crippen molar-refractivity contribution in [3.05, 3.63) is 77.9 Å².